The molecule has 0 bridgehead atoms. The molecule has 1 fully saturated rings. The fourth-order valence-electron chi connectivity index (χ4n) is 1.52. The van der Waals surface area contributed by atoms with Gasteiger partial charge in [-0.2, -0.15) is 0 Å². The highest BCUT2D eigenvalue weighted by molar-refractivity contribution is 9.10. The van der Waals surface area contributed by atoms with E-state index in [4.69, 9.17) is 4.74 Å². The Bertz CT molecular complexity index is 350. The SMILES string of the molecule is COc1cc(Br)cc(C2(O)CNC2)c1. The van der Waals surface area contributed by atoms with Gasteiger partial charge in [0.2, 0.25) is 0 Å². The van der Waals surface area contributed by atoms with Gasteiger partial charge in [0, 0.05) is 17.6 Å². The van der Waals surface area contributed by atoms with E-state index >= 15 is 0 Å². The summed E-state index contributed by atoms with van der Waals surface area (Å²) in [5, 5.41) is 13.1. The number of ether oxygens (including phenoxy) is 1. The smallest absolute Gasteiger partial charge is 0.120 e. The van der Waals surface area contributed by atoms with E-state index in [1.165, 1.54) is 0 Å². The van der Waals surface area contributed by atoms with Crippen LogP contribution in [0, 0.1) is 0 Å². The first-order chi connectivity index (χ1) is 6.64. The maximum Gasteiger partial charge on any atom is 0.120 e. The number of rotatable bonds is 2. The molecule has 1 aliphatic heterocycles. The summed E-state index contributed by atoms with van der Waals surface area (Å²) in [4.78, 5) is 0. The molecule has 3 nitrogen and oxygen atoms in total. The van der Waals surface area contributed by atoms with E-state index in [9.17, 15) is 5.11 Å². The lowest BCUT2D eigenvalue weighted by Gasteiger charge is -2.38. The van der Waals surface area contributed by atoms with Crippen molar-refractivity contribution in [1.82, 2.24) is 5.32 Å². The molecule has 2 N–H and O–H groups in total. The van der Waals surface area contributed by atoms with Crippen LogP contribution in [0.25, 0.3) is 0 Å². The van der Waals surface area contributed by atoms with Crippen LogP contribution in [0.5, 0.6) is 5.75 Å². The zero-order valence-corrected chi connectivity index (χ0v) is 9.47. The van der Waals surface area contributed by atoms with Gasteiger partial charge in [-0.1, -0.05) is 15.9 Å². The molecule has 1 heterocycles. The molecule has 14 heavy (non-hydrogen) atoms. The minimum atomic E-state index is -0.725. The average molecular weight is 258 g/mol. The maximum absolute atomic E-state index is 10.1. The van der Waals surface area contributed by atoms with Crippen LogP contribution in [-0.2, 0) is 5.60 Å². The number of nitrogens with one attached hydrogen (secondary N) is 1. The van der Waals surface area contributed by atoms with Gasteiger partial charge in [-0.05, 0) is 23.8 Å². The molecule has 0 aromatic heterocycles. The minimum Gasteiger partial charge on any atom is -0.497 e. The molecule has 1 aromatic rings. The normalized spacial score (nSPS) is 18.8. The Morgan fingerprint density at radius 2 is 2.14 bits per heavy atom. The number of halogens is 1. The minimum absolute atomic E-state index is 0.604. The van der Waals surface area contributed by atoms with Crippen molar-refractivity contribution in [3.8, 4) is 5.75 Å². The molecular weight excluding hydrogens is 246 g/mol. The maximum atomic E-state index is 10.1. The zero-order chi connectivity index (χ0) is 10.2. The predicted octanol–water partition coefficient (Wildman–Crippen LogP) is 1.25. The van der Waals surface area contributed by atoms with Gasteiger partial charge in [0.25, 0.3) is 0 Å². The number of β-amino-alcohol motifs (C(OH)–C–C–N with tert-alkyl or cyclic N) is 1. The molecule has 76 valence electrons. The van der Waals surface area contributed by atoms with Crippen LogP contribution in [0.15, 0.2) is 22.7 Å². The number of benzene rings is 1. The highest BCUT2D eigenvalue weighted by Gasteiger charge is 2.36. The quantitative estimate of drug-likeness (QED) is 0.838. The predicted molar refractivity (Wildman–Crippen MR) is 57.5 cm³/mol. The van der Waals surface area contributed by atoms with Gasteiger partial charge < -0.3 is 15.2 Å². The lowest BCUT2D eigenvalue weighted by atomic mass is 9.88. The first-order valence-corrected chi connectivity index (χ1v) is 5.21. The molecule has 0 unspecified atom stereocenters. The molecule has 4 heteroatoms. The first kappa shape index (κ1) is 9.96. The summed E-state index contributed by atoms with van der Waals surface area (Å²) in [5.74, 6) is 0.759. The number of methoxy groups -OCH3 is 1. The molecule has 0 saturated carbocycles. The second kappa shape index (κ2) is 3.53. The van der Waals surface area contributed by atoms with Gasteiger partial charge in [-0.15, -0.1) is 0 Å². The number of hydrogen-bond acceptors (Lipinski definition) is 3. The Hall–Kier alpha value is -0.580. The van der Waals surface area contributed by atoms with Gasteiger partial charge in [-0.3, -0.25) is 0 Å². The van der Waals surface area contributed by atoms with Crippen molar-refractivity contribution in [3.63, 3.8) is 0 Å². The van der Waals surface area contributed by atoms with Crippen molar-refractivity contribution in [2.45, 2.75) is 5.60 Å². The first-order valence-electron chi connectivity index (χ1n) is 4.42. The second-order valence-electron chi connectivity index (χ2n) is 3.51. The lowest BCUT2D eigenvalue weighted by Crippen LogP contribution is -2.56. The van der Waals surface area contributed by atoms with E-state index in [2.05, 4.69) is 21.2 Å². The molecule has 2 rings (SSSR count). The Morgan fingerprint density at radius 3 is 2.64 bits per heavy atom. The summed E-state index contributed by atoms with van der Waals surface area (Å²) in [7, 11) is 1.62. The largest absolute Gasteiger partial charge is 0.497 e. The van der Waals surface area contributed by atoms with Crippen LogP contribution < -0.4 is 10.1 Å². The molecule has 1 aromatic carbocycles. The third kappa shape index (κ3) is 1.65. The van der Waals surface area contributed by atoms with Gasteiger partial charge in [-0.25, -0.2) is 0 Å². The van der Waals surface area contributed by atoms with Crippen molar-refractivity contribution < 1.29 is 9.84 Å². The fraction of sp³-hybridized carbons (Fsp3) is 0.400. The van der Waals surface area contributed by atoms with Crippen LogP contribution in [0.4, 0.5) is 0 Å². The van der Waals surface area contributed by atoms with E-state index in [0.29, 0.717) is 13.1 Å². The highest BCUT2D eigenvalue weighted by atomic mass is 79.9. The zero-order valence-electron chi connectivity index (χ0n) is 7.88. The van der Waals surface area contributed by atoms with E-state index in [0.717, 1.165) is 15.8 Å². The van der Waals surface area contributed by atoms with Crippen molar-refractivity contribution in [1.29, 1.82) is 0 Å². The van der Waals surface area contributed by atoms with Crippen molar-refractivity contribution in [3.05, 3.63) is 28.2 Å². The van der Waals surface area contributed by atoms with Gasteiger partial charge >= 0.3 is 0 Å². The van der Waals surface area contributed by atoms with Crippen molar-refractivity contribution >= 4 is 15.9 Å². The fourth-order valence-corrected chi connectivity index (χ4v) is 1.99. The topological polar surface area (TPSA) is 41.5 Å². The molecule has 0 radical (unpaired) electrons. The van der Waals surface area contributed by atoms with E-state index in [1.807, 2.05) is 18.2 Å². The molecule has 0 amide bonds. The summed E-state index contributed by atoms with van der Waals surface area (Å²) in [5.41, 5.74) is 0.166. The van der Waals surface area contributed by atoms with Crippen LogP contribution in [-0.4, -0.2) is 25.3 Å². The van der Waals surface area contributed by atoms with E-state index in [-0.39, 0.29) is 0 Å². The van der Waals surface area contributed by atoms with E-state index < -0.39 is 5.60 Å². The summed E-state index contributed by atoms with van der Waals surface area (Å²) in [6, 6.07) is 5.66. The molecular formula is C10H12BrNO2. The van der Waals surface area contributed by atoms with Crippen LogP contribution in [0.2, 0.25) is 0 Å². The molecule has 1 aliphatic rings. The third-order valence-corrected chi connectivity index (χ3v) is 2.94. The van der Waals surface area contributed by atoms with Crippen molar-refractivity contribution in [2.24, 2.45) is 0 Å². The van der Waals surface area contributed by atoms with Crippen LogP contribution >= 0.6 is 15.9 Å². The Morgan fingerprint density at radius 1 is 1.43 bits per heavy atom. The molecule has 1 saturated heterocycles. The number of aliphatic hydroxyl groups is 1. The van der Waals surface area contributed by atoms with Crippen molar-refractivity contribution in [2.75, 3.05) is 20.2 Å². The monoisotopic (exact) mass is 257 g/mol. The molecule has 0 atom stereocenters. The molecule has 0 aliphatic carbocycles. The second-order valence-corrected chi connectivity index (χ2v) is 4.43. The average Bonchev–Trinajstić information content (AvgIpc) is 2.13. The molecule has 0 spiro atoms. The Balaban J connectivity index is 2.37. The standard InChI is InChI=1S/C10H12BrNO2/c1-14-9-3-7(2-8(11)4-9)10(13)5-12-6-10/h2-4,12-13H,5-6H2,1H3. The van der Waals surface area contributed by atoms with Gasteiger partial charge in [0.15, 0.2) is 0 Å². The number of hydrogen-bond donors (Lipinski definition) is 2. The Kier molecular flexibility index (Phi) is 2.51. The summed E-state index contributed by atoms with van der Waals surface area (Å²) in [6.45, 7) is 1.21. The van der Waals surface area contributed by atoms with Gasteiger partial charge in [0.05, 0.1) is 7.11 Å². The van der Waals surface area contributed by atoms with Crippen LogP contribution in [0.1, 0.15) is 5.56 Å². The summed E-state index contributed by atoms with van der Waals surface area (Å²) < 4.78 is 6.06. The summed E-state index contributed by atoms with van der Waals surface area (Å²) in [6.07, 6.45) is 0. The lowest BCUT2D eigenvalue weighted by molar-refractivity contribution is -0.0148. The third-order valence-electron chi connectivity index (χ3n) is 2.48. The summed E-state index contributed by atoms with van der Waals surface area (Å²) >= 11 is 3.39. The highest BCUT2D eigenvalue weighted by Crippen LogP contribution is 2.31. The van der Waals surface area contributed by atoms with E-state index in [1.54, 1.807) is 7.11 Å². The van der Waals surface area contributed by atoms with Gasteiger partial charge in [0.1, 0.15) is 11.4 Å². The van der Waals surface area contributed by atoms with Crippen LogP contribution in [0.3, 0.4) is 0 Å². The Labute approximate surface area is 91.2 Å².